The Morgan fingerprint density at radius 2 is 1.87 bits per heavy atom. The van der Waals surface area contributed by atoms with E-state index in [9.17, 15) is 18.0 Å². The summed E-state index contributed by atoms with van der Waals surface area (Å²) >= 11 is 0. The van der Waals surface area contributed by atoms with Crippen LogP contribution in [0.1, 0.15) is 35.7 Å². The normalized spacial score (nSPS) is 16.3. The third-order valence-electron chi connectivity index (χ3n) is 5.13. The van der Waals surface area contributed by atoms with Gasteiger partial charge < -0.3 is 10.2 Å². The lowest BCUT2D eigenvalue weighted by Gasteiger charge is -2.24. The van der Waals surface area contributed by atoms with Crippen molar-refractivity contribution < 1.29 is 18.0 Å². The predicted octanol–water partition coefficient (Wildman–Crippen LogP) is 2.41. The van der Waals surface area contributed by atoms with E-state index in [1.807, 2.05) is 30.3 Å². The van der Waals surface area contributed by atoms with Gasteiger partial charge in [-0.2, -0.15) is 0 Å². The van der Waals surface area contributed by atoms with Crippen LogP contribution in [0.15, 0.2) is 54.6 Å². The van der Waals surface area contributed by atoms with Crippen LogP contribution in [0.2, 0.25) is 0 Å². The van der Waals surface area contributed by atoms with Crippen molar-refractivity contribution in [2.75, 3.05) is 23.6 Å². The molecule has 2 N–H and O–H groups in total. The number of benzene rings is 2. The number of hydrogen-bond acceptors (Lipinski definition) is 4. The zero-order valence-electron chi connectivity index (χ0n) is 17.0. The Kier molecular flexibility index (Phi) is 7.10. The van der Waals surface area contributed by atoms with Gasteiger partial charge in [0.25, 0.3) is 5.91 Å². The molecule has 0 bridgehead atoms. The van der Waals surface area contributed by atoms with Gasteiger partial charge in [-0.15, -0.1) is 0 Å². The molecular weight excluding hydrogens is 402 g/mol. The molecule has 1 heterocycles. The van der Waals surface area contributed by atoms with Crippen LogP contribution in [0, 0.1) is 0 Å². The maximum atomic E-state index is 13.0. The fourth-order valence-corrected chi connectivity index (χ4v) is 4.14. The summed E-state index contributed by atoms with van der Waals surface area (Å²) in [6, 6.07) is 15.8. The van der Waals surface area contributed by atoms with Gasteiger partial charge in [-0.3, -0.25) is 14.3 Å². The summed E-state index contributed by atoms with van der Waals surface area (Å²) in [6.07, 6.45) is 2.10. The Morgan fingerprint density at radius 1 is 1.10 bits per heavy atom. The number of carbonyl (C=O) groups excluding carboxylic acids is 2. The highest BCUT2D eigenvalue weighted by Gasteiger charge is 2.34. The van der Waals surface area contributed by atoms with Crippen LogP contribution in [0.25, 0.3) is 0 Å². The SMILES string of the molecule is CCS(=O)(=O)Nc1cccc(C(=O)N2CCCC2C(=O)NCCc2ccccc2)c1. The molecule has 160 valence electrons. The standard InChI is InChI=1S/C22H27N3O4S/c1-2-30(28,29)24-19-11-6-10-18(16-19)22(27)25-15-7-12-20(25)21(26)23-14-13-17-8-4-3-5-9-17/h3-6,8-11,16,20,24H,2,7,12-15H2,1H3,(H,23,26). The number of hydrogen-bond donors (Lipinski definition) is 2. The number of anilines is 1. The van der Waals surface area contributed by atoms with E-state index in [4.69, 9.17) is 0 Å². The highest BCUT2D eigenvalue weighted by molar-refractivity contribution is 7.92. The van der Waals surface area contributed by atoms with Crippen molar-refractivity contribution in [1.82, 2.24) is 10.2 Å². The van der Waals surface area contributed by atoms with Gasteiger partial charge in [-0.1, -0.05) is 36.4 Å². The molecule has 0 aromatic heterocycles. The maximum absolute atomic E-state index is 13.0. The molecule has 0 aliphatic carbocycles. The van der Waals surface area contributed by atoms with Gasteiger partial charge in [-0.05, 0) is 49.9 Å². The largest absolute Gasteiger partial charge is 0.354 e. The summed E-state index contributed by atoms with van der Waals surface area (Å²) in [6.45, 7) is 2.55. The minimum absolute atomic E-state index is 0.0530. The van der Waals surface area contributed by atoms with E-state index in [2.05, 4.69) is 10.0 Å². The molecule has 1 fully saturated rings. The Bertz CT molecular complexity index is 992. The number of nitrogens with one attached hydrogen (secondary N) is 2. The summed E-state index contributed by atoms with van der Waals surface area (Å²) in [7, 11) is -3.43. The van der Waals surface area contributed by atoms with Crippen LogP contribution in [-0.4, -0.2) is 50.0 Å². The highest BCUT2D eigenvalue weighted by atomic mass is 32.2. The van der Waals surface area contributed by atoms with Gasteiger partial charge in [0.15, 0.2) is 0 Å². The first kappa shape index (κ1) is 21.8. The second kappa shape index (κ2) is 9.75. The van der Waals surface area contributed by atoms with Crippen molar-refractivity contribution in [3.8, 4) is 0 Å². The summed E-state index contributed by atoms with van der Waals surface area (Å²) in [5, 5.41) is 2.93. The van der Waals surface area contributed by atoms with Crippen LogP contribution in [0.5, 0.6) is 0 Å². The minimum atomic E-state index is -3.43. The quantitative estimate of drug-likeness (QED) is 0.674. The number of sulfonamides is 1. The molecule has 1 atom stereocenters. The average Bonchev–Trinajstić information content (AvgIpc) is 3.24. The monoisotopic (exact) mass is 429 g/mol. The molecule has 1 aliphatic heterocycles. The van der Waals surface area contributed by atoms with E-state index in [0.29, 0.717) is 30.8 Å². The number of amides is 2. The second-order valence-corrected chi connectivity index (χ2v) is 9.28. The summed E-state index contributed by atoms with van der Waals surface area (Å²) in [5.41, 5.74) is 1.84. The Balaban J connectivity index is 1.63. The molecule has 8 heteroatoms. The van der Waals surface area contributed by atoms with Gasteiger partial charge in [0.05, 0.1) is 5.75 Å². The van der Waals surface area contributed by atoms with Crippen molar-refractivity contribution in [1.29, 1.82) is 0 Å². The Morgan fingerprint density at radius 3 is 2.60 bits per heavy atom. The fraction of sp³-hybridized carbons (Fsp3) is 0.364. The maximum Gasteiger partial charge on any atom is 0.254 e. The first-order chi connectivity index (χ1) is 14.4. The minimum Gasteiger partial charge on any atom is -0.354 e. The zero-order chi connectivity index (χ0) is 21.6. The topological polar surface area (TPSA) is 95.6 Å². The first-order valence-electron chi connectivity index (χ1n) is 10.1. The summed E-state index contributed by atoms with van der Waals surface area (Å²) in [4.78, 5) is 27.3. The van der Waals surface area contributed by atoms with Gasteiger partial charge in [0.2, 0.25) is 15.9 Å². The van der Waals surface area contributed by atoms with E-state index in [1.165, 1.54) is 6.07 Å². The Labute approximate surface area is 177 Å². The predicted molar refractivity (Wildman–Crippen MR) is 117 cm³/mol. The number of likely N-dealkylation sites (tertiary alicyclic amines) is 1. The van der Waals surface area contributed by atoms with Gasteiger partial charge in [0.1, 0.15) is 6.04 Å². The van der Waals surface area contributed by atoms with E-state index in [-0.39, 0.29) is 17.6 Å². The second-order valence-electron chi connectivity index (χ2n) is 7.27. The molecule has 7 nitrogen and oxygen atoms in total. The zero-order valence-corrected chi connectivity index (χ0v) is 17.8. The summed E-state index contributed by atoms with van der Waals surface area (Å²) in [5.74, 6) is -0.476. The van der Waals surface area contributed by atoms with Crippen LogP contribution >= 0.6 is 0 Å². The van der Waals surface area contributed by atoms with Crippen LogP contribution in [-0.2, 0) is 21.2 Å². The molecule has 1 aliphatic rings. The van der Waals surface area contributed by atoms with Crippen molar-refractivity contribution in [3.05, 3.63) is 65.7 Å². The lowest BCUT2D eigenvalue weighted by molar-refractivity contribution is -0.124. The lowest BCUT2D eigenvalue weighted by Crippen LogP contribution is -2.46. The molecule has 1 unspecified atom stereocenters. The number of nitrogens with zero attached hydrogens (tertiary/aromatic N) is 1. The van der Waals surface area contributed by atoms with Crippen molar-refractivity contribution >= 4 is 27.5 Å². The molecule has 0 saturated carbocycles. The number of carbonyl (C=O) groups is 2. The third-order valence-corrected chi connectivity index (χ3v) is 6.44. The van der Waals surface area contributed by atoms with E-state index < -0.39 is 16.1 Å². The number of rotatable bonds is 8. The van der Waals surface area contributed by atoms with E-state index in [1.54, 1.807) is 30.0 Å². The smallest absolute Gasteiger partial charge is 0.254 e. The molecule has 0 radical (unpaired) electrons. The van der Waals surface area contributed by atoms with Crippen LogP contribution in [0.3, 0.4) is 0 Å². The molecule has 2 aromatic carbocycles. The fourth-order valence-electron chi connectivity index (χ4n) is 3.51. The lowest BCUT2D eigenvalue weighted by atomic mass is 10.1. The summed E-state index contributed by atoms with van der Waals surface area (Å²) < 4.78 is 26.0. The van der Waals surface area contributed by atoms with Gasteiger partial charge in [0, 0.05) is 24.3 Å². The van der Waals surface area contributed by atoms with E-state index >= 15 is 0 Å². The average molecular weight is 430 g/mol. The van der Waals surface area contributed by atoms with Crippen molar-refractivity contribution in [2.24, 2.45) is 0 Å². The first-order valence-corrected chi connectivity index (χ1v) is 11.8. The molecule has 2 amide bonds. The highest BCUT2D eigenvalue weighted by Crippen LogP contribution is 2.22. The molecule has 30 heavy (non-hydrogen) atoms. The van der Waals surface area contributed by atoms with Crippen molar-refractivity contribution in [3.63, 3.8) is 0 Å². The molecule has 2 aromatic rings. The van der Waals surface area contributed by atoms with Crippen molar-refractivity contribution in [2.45, 2.75) is 32.2 Å². The van der Waals surface area contributed by atoms with Crippen LogP contribution < -0.4 is 10.0 Å². The Hall–Kier alpha value is -2.87. The van der Waals surface area contributed by atoms with Gasteiger partial charge in [-0.25, -0.2) is 8.42 Å². The van der Waals surface area contributed by atoms with Gasteiger partial charge >= 0.3 is 0 Å². The molecular formula is C22H27N3O4S. The molecule has 1 saturated heterocycles. The molecule has 3 rings (SSSR count). The molecule has 0 spiro atoms. The third kappa shape index (κ3) is 5.60. The van der Waals surface area contributed by atoms with Crippen LogP contribution in [0.4, 0.5) is 5.69 Å². The van der Waals surface area contributed by atoms with E-state index in [0.717, 1.165) is 18.4 Å².